The smallest absolute Gasteiger partial charge is 0.343 e. The van der Waals surface area contributed by atoms with Crippen molar-refractivity contribution in [2.75, 3.05) is 13.2 Å². The van der Waals surface area contributed by atoms with Gasteiger partial charge in [0.05, 0.1) is 17.9 Å². The van der Waals surface area contributed by atoms with Gasteiger partial charge in [0.25, 0.3) is 5.56 Å². The number of ether oxygens (including phenoxy) is 1. The number of carbonyl (C=O) groups excluding carboxylic acids is 1. The first kappa shape index (κ1) is 19.1. The maximum atomic E-state index is 12.3. The molecule has 0 saturated heterocycles. The number of hydrogen-bond acceptors (Lipinski definition) is 6. The third kappa shape index (κ3) is 4.67. The Morgan fingerprint density at radius 3 is 2.72 bits per heavy atom. The molecule has 0 fully saturated rings. The summed E-state index contributed by atoms with van der Waals surface area (Å²) in [6, 6.07) is 1.58. The predicted octanol–water partition coefficient (Wildman–Crippen LogP) is 1.18. The van der Waals surface area contributed by atoms with Crippen molar-refractivity contribution in [3.05, 3.63) is 33.9 Å². The second kappa shape index (κ2) is 7.37. The van der Waals surface area contributed by atoms with Crippen LogP contribution in [0, 0.1) is 0 Å². The summed E-state index contributed by atoms with van der Waals surface area (Å²) >= 11 is 0. The molecule has 2 rings (SSSR count). The second-order valence-corrected chi connectivity index (χ2v) is 6.96. The Labute approximate surface area is 146 Å². The summed E-state index contributed by atoms with van der Waals surface area (Å²) in [5.74, 6) is -0.525. The minimum absolute atomic E-state index is 0.155. The molecule has 0 atom stereocenters. The van der Waals surface area contributed by atoms with E-state index in [1.165, 1.54) is 16.8 Å². The van der Waals surface area contributed by atoms with E-state index in [0.717, 1.165) is 0 Å². The summed E-state index contributed by atoms with van der Waals surface area (Å²) in [4.78, 5) is 30.8. The summed E-state index contributed by atoms with van der Waals surface area (Å²) in [6.45, 7) is 10.3. The number of nitrogens with zero attached hydrogens (tertiary/aromatic N) is 3. The summed E-state index contributed by atoms with van der Waals surface area (Å²) < 4.78 is 6.22. The van der Waals surface area contributed by atoms with Crippen LogP contribution in [0.2, 0.25) is 0 Å². The molecule has 2 aromatic heterocycles. The van der Waals surface area contributed by atoms with Crippen LogP contribution in [0.4, 0.5) is 0 Å². The average molecular weight is 350 g/mol. The lowest BCUT2D eigenvalue weighted by molar-refractivity contribution is 0.0220. The SMILES string of the molecule is CCOC(=O)c1c[nH]n2c(=O)cc(CN(CC(C)(C)O)C(C)C)nc12. The van der Waals surface area contributed by atoms with Crippen molar-refractivity contribution in [1.82, 2.24) is 19.5 Å². The quantitative estimate of drug-likeness (QED) is 0.728. The van der Waals surface area contributed by atoms with E-state index in [2.05, 4.69) is 10.1 Å². The minimum atomic E-state index is -0.867. The Morgan fingerprint density at radius 1 is 1.48 bits per heavy atom. The molecule has 2 N–H and O–H groups in total. The lowest BCUT2D eigenvalue weighted by atomic mass is 10.1. The normalized spacial score (nSPS) is 12.3. The Kier molecular flexibility index (Phi) is 5.64. The molecular formula is C17H26N4O4. The standard InChI is InChI=1S/C17H26N4O4/c1-6-25-16(23)13-8-18-21-14(22)7-12(19-15(13)21)9-20(11(2)3)10-17(4,5)24/h7-8,11,18,24H,6,9-10H2,1-5H3. The van der Waals surface area contributed by atoms with E-state index in [-0.39, 0.29) is 29.4 Å². The van der Waals surface area contributed by atoms with E-state index in [9.17, 15) is 14.7 Å². The van der Waals surface area contributed by atoms with Crippen molar-refractivity contribution in [2.24, 2.45) is 0 Å². The van der Waals surface area contributed by atoms with Gasteiger partial charge in [0.15, 0.2) is 5.65 Å². The first-order chi connectivity index (χ1) is 11.6. The van der Waals surface area contributed by atoms with E-state index < -0.39 is 11.6 Å². The number of aromatic nitrogens is 3. The number of rotatable bonds is 7. The van der Waals surface area contributed by atoms with Crippen LogP contribution in [-0.4, -0.2) is 55.4 Å². The van der Waals surface area contributed by atoms with Crippen LogP contribution >= 0.6 is 0 Å². The van der Waals surface area contributed by atoms with Crippen molar-refractivity contribution < 1.29 is 14.6 Å². The van der Waals surface area contributed by atoms with Crippen molar-refractivity contribution in [3.8, 4) is 0 Å². The molecule has 0 aromatic carbocycles. The molecule has 2 heterocycles. The highest BCUT2D eigenvalue weighted by Crippen LogP contribution is 2.14. The zero-order valence-corrected chi connectivity index (χ0v) is 15.4. The van der Waals surface area contributed by atoms with Crippen LogP contribution in [0.3, 0.4) is 0 Å². The van der Waals surface area contributed by atoms with E-state index in [4.69, 9.17) is 4.74 Å². The van der Waals surface area contributed by atoms with Gasteiger partial charge in [-0.05, 0) is 34.6 Å². The van der Waals surface area contributed by atoms with E-state index in [0.29, 0.717) is 18.8 Å². The number of aliphatic hydroxyl groups is 1. The molecule has 8 heteroatoms. The fourth-order valence-corrected chi connectivity index (χ4v) is 2.60. The van der Waals surface area contributed by atoms with Gasteiger partial charge in [0, 0.05) is 31.4 Å². The molecule has 0 aliphatic carbocycles. The zero-order valence-electron chi connectivity index (χ0n) is 15.4. The van der Waals surface area contributed by atoms with Gasteiger partial charge in [-0.25, -0.2) is 14.3 Å². The molecule has 0 spiro atoms. The van der Waals surface area contributed by atoms with Crippen LogP contribution < -0.4 is 5.56 Å². The number of hydrogen-bond donors (Lipinski definition) is 2. The van der Waals surface area contributed by atoms with Gasteiger partial charge in [-0.2, -0.15) is 0 Å². The molecule has 0 aliphatic rings. The van der Waals surface area contributed by atoms with Gasteiger partial charge in [-0.3, -0.25) is 14.8 Å². The topological polar surface area (TPSA) is 99.9 Å². The number of aromatic amines is 1. The molecule has 138 valence electrons. The molecule has 0 saturated carbocycles. The van der Waals surface area contributed by atoms with E-state index >= 15 is 0 Å². The van der Waals surface area contributed by atoms with Crippen LogP contribution in [0.15, 0.2) is 17.1 Å². The molecule has 0 amide bonds. The number of carbonyl (C=O) groups is 1. The summed E-state index contributed by atoms with van der Waals surface area (Å²) in [5, 5.41) is 12.8. The summed E-state index contributed by atoms with van der Waals surface area (Å²) in [7, 11) is 0. The van der Waals surface area contributed by atoms with Crippen LogP contribution in [0.5, 0.6) is 0 Å². The van der Waals surface area contributed by atoms with Crippen LogP contribution in [0.1, 0.15) is 50.7 Å². The third-order valence-electron chi connectivity index (χ3n) is 3.73. The number of fused-ring (bicyclic) bond motifs is 1. The molecule has 0 bridgehead atoms. The Morgan fingerprint density at radius 2 is 2.16 bits per heavy atom. The molecular weight excluding hydrogens is 324 g/mol. The fourth-order valence-electron chi connectivity index (χ4n) is 2.60. The van der Waals surface area contributed by atoms with Gasteiger partial charge in [0.2, 0.25) is 0 Å². The first-order valence-corrected chi connectivity index (χ1v) is 8.36. The van der Waals surface area contributed by atoms with E-state index in [1.54, 1.807) is 20.8 Å². The first-order valence-electron chi connectivity index (χ1n) is 8.36. The van der Waals surface area contributed by atoms with Crippen molar-refractivity contribution in [2.45, 2.75) is 52.8 Å². The van der Waals surface area contributed by atoms with Crippen molar-refractivity contribution in [1.29, 1.82) is 0 Å². The van der Waals surface area contributed by atoms with Gasteiger partial charge in [-0.15, -0.1) is 0 Å². The lowest BCUT2D eigenvalue weighted by Crippen LogP contribution is -2.42. The molecule has 25 heavy (non-hydrogen) atoms. The Balaban J connectivity index is 2.39. The minimum Gasteiger partial charge on any atom is -0.462 e. The monoisotopic (exact) mass is 350 g/mol. The molecule has 2 aromatic rings. The number of nitrogens with one attached hydrogen (secondary N) is 1. The summed E-state index contributed by atoms with van der Waals surface area (Å²) in [6.07, 6.45) is 1.42. The number of H-pyrrole nitrogens is 1. The Hall–Kier alpha value is -2.19. The van der Waals surface area contributed by atoms with Crippen LogP contribution in [0.25, 0.3) is 5.65 Å². The van der Waals surface area contributed by atoms with Gasteiger partial charge >= 0.3 is 5.97 Å². The highest BCUT2D eigenvalue weighted by Gasteiger charge is 2.22. The second-order valence-electron chi connectivity index (χ2n) is 6.96. The van der Waals surface area contributed by atoms with Crippen LogP contribution in [-0.2, 0) is 11.3 Å². The van der Waals surface area contributed by atoms with E-state index in [1.807, 2.05) is 18.7 Å². The maximum Gasteiger partial charge on any atom is 0.343 e. The maximum absolute atomic E-state index is 12.3. The predicted molar refractivity (Wildman–Crippen MR) is 93.6 cm³/mol. The Bertz CT molecular complexity index is 801. The number of esters is 1. The highest BCUT2D eigenvalue weighted by molar-refractivity contribution is 5.95. The van der Waals surface area contributed by atoms with Crippen molar-refractivity contribution >= 4 is 11.6 Å². The average Bonchev–Trinajstić information content (AvgIpc) is 2.89. The van der Waals surface area contributed by atoms with Gasteiger partial charge in [0.1, 0.15) is 5.56 Å². The molecule has 0 radical (unpaired) electrons. The van der Waals surface area contributed by atoms with Gasteiger partial charge < -0.3 is 9.84 Å². The van der Waals surface area contributed by atoms with Gasteiger partial charge in [-0.1, -0.05) is 0 Å². The summed E-state index contributed by atoms with van der Waals surface area (Å²) in [5.41, 5.74) is -0.170. The lowest BCUT2D eigenvalue weighted by Gasteiger charge is -2.31. The molecule has 0 unspecified atom stereocenters. The molecule has 8 nitrogen and oxygen atoms in total. The third-order valence-corrected chi connectivity index (χ3v) is 3.73. The largest absolute Gasteiger partial charge is 0.462 e. The fraction of sp³-hybridized carbons (Fsp3) is 0.588. The zero-order chi connectivity index (χ0) is 18.8. The highest BCUT2D eigenvalue weighted by atomic mass is 16.5. The van der Waals surface area contributed by atoms with Crippen molar-refractivity contribution in [3.63, 3.8) is 0 Å². The molecule has 0 aliphatic heterocycles.